The van der Waals surface area contributed by atoms with Crippen LogP contribution in [-0.2, 0) is 0 Å². The summed E-state index contributed by atoms with van der Waals surface area (Å²) in [6.45, 7) is 3.78. The monoisotopic (exact) mass is 254 g/mol. The number of pyridine rings is 1. The van der Waals surface area contributed by atoms with Crippen LogP contribution >= 0.6 is 11.6 Å². The van der Waals surface area contributed by atoms with E-state index in [9.17, 15) is 4.79 Å². The summed E-state index contributed by atoms with van der Waals surface area (Å²) < 4.78 is 0. The molecule has 1 N–H and O–H groups in total. The van der Waals surface area contributed by atoms with Crippen LogP contribution in [0.15, 0.2) is 12.1 Å². The molecule has 0 saturated heterocycles. The van der Waals surface area contributed by atoms with E-state index < -0.39 is 5.97 Å². The third-order valence-electron chi connectivity index (χ3n) is 2.91. The van der Waals surface area contributed by atoms with Crippen molar-refractivity contribution >= 4 is 23.4 Å². The molecule has 0 spiro atoms. The van der Waals surface area contributed by atoms with E-state index in [1.807, 2.05) is 6.92 Å². The van der Waals surface area contributed by atoms with E-state index >= 15 is 0 Å². The summed E-state index contributed by atoms with van der Waals surface area (Å²) in [5, 5.41) is 9.21. The van der Waals surface area contributed by atoms with Gasteiger partial charge in [0.25, 0.3) is 0 Å². The lowest BCUT2D eigenvalue weighted by Gasteiger charge is -2.22. The Labute approximate surface area is 105 Å². The summed E-state index contributed by atoms with van der Waals surface area (Å²) >= 11 is 5.85. The van der Waals surface area contributed by atoms with Gasteiger partial charge in [0.2, 0.25) is 0 Å². The van der Waals surface area contributed by atoms with Crippen LogP contribution < -0.4 is 4.90 Å². The molecule has 0 aliphatic heterocycles. The Morgan fingerprint density at radius 1 is 1.59 bits per heavy atom. The molecule has 5 heteroatoms. The Kier molecular flexibility index (Phi) is 3.52. The van der Waals surface area contributed by atoms with E-state index in [0.717, 1.165) is 19.0 Å². The van der Waals surface area contributed by atoms with E-state index in [1.54, 1.807) is 6.07 Å². The fourth-order valence-corrected chi connectivity index (χ4v) is 1.97. The number of anilines is 1. The number of aromatic carboxylic acids is 1. The highest BCUT2D eigenvalue weighted by molar-refractivity contribution is 6.29. The van der Waals surface area contributed by atoms with Gasteiger partial charge < -0.3 is 10.0 Å². The van der Waals surface area contributed by atoms with Gasteiger partial charge in [0.1, 0.15) is 11.0 Å². The lowest BCUT2D eigenvalue weighted by Crippen LogP contribution is -2.26. The van der Waals surface area contributed by atoms with Gasteiger partial charge in [-0.05, 0) is 37.8 Å². The molecule has 0 amide bonds. The van der Waals surface area contributed by atoms with Crippen LogP contribution in [0.25, 0.3) is 0 Å². The zero-order valence-corrected chi connectivity index (χ0v) is 10.4. The summed E-state index contributed by atoms with van der Waals surface area (Å²) in [5.74, 6) is 0.409. The number of halogens is 1. The third kappa shape index (κ3) is 3.09. The smallest absolute Gasteiger partial charge is 0.335 e. The molecule has 1 heterocycles. The molecule has 0 radical (unpaired) electrons. The highest BCUT2D eigenvalue weighted by Gasteiger charge is 2.24. The predicted molar refractivity (Wildman–Crippen MR) is 66.8 cm³/mol. The average molecular weight is 255 g/mol. The second-order valence-electron chi connectivity index (χ2n) is 4.32. The van der Waals surface area contributed by atoms with Crippen LogP contribution in [0.1, 0.15) is 30.1 Å². The molecule has 1 fully saturated rings. The zero-order chi connectivity index (χ0) is 12.4. The first kappa shape index (κ1) is 12.2. The molecular formula is C12H15ClN2O2. The molecule has 1 saturated carbocycles. The molecule has 0 bridgehead atoms. The number of rotatable bonds is 5. The highest BCUT2D eigenvalue weighted by Crippen LogP contribution is 2.31. The summed E-state index contributed by atoms with van der Waals surface area (Å²) in [6.07, 6.45) is 2.51. The Morgan fingerprint density at radius 2 is 2.29 bits per heavy atom. The highest BCUT2D eigenvalue weighted by atomic mass is 35.5. The lowest BCUT2D eigenvalue weighted by molar-refractivity contribution is 0.0697. The van der Waals surface area contributed by atoms with Gasteiger partial charge in [-0.2, -0.15) is 0 Å². The van der Waals surface area contributed by atoms with Crippen molar-refractivity contribution in [2.45, 2.75) is 19.8 Å². The third-order valence-corrected chi connectivity index (χ3v) is 3.10. The maximum absolute atomic E-state index is 10.9. The molecule has 0 unspecified atom stereocenters. The summed E-state index contributed by atoms with van der Waals surface area (Å²) in [6, 6.07) is 2.96. The lowest BCUT2D eigenvalue weighted by atomic mass is 10.2. The molecule has 0 atom stereocenters. The number of carboxylic acid groups (broad SMARTS) is 1. The normalized spacial score (nSPS) is 14.7. The number of nitrogens with zero attached hydrogens (tertiary/aromatic N) is 2. The second-order valence-corrected chi connectivity index (χ2v) is 4.71. The Morgan fingerprint density at radius 3 is 2.82 bits per heavy atom. The van der Waals surface area contributed by atoms with Gasteiger partial charge in [-0.1, -0.05) is 11.6 Å². The Balaban J connectivity index is 2.24. The predicted octanol–water partition coefficient (Wildman–Crippen LogP) is 2.67. The van der Waals surface area contributed by atoms with E-state index in [-0.39, 0.29) is 10.7 Å². The number of hydrogen-bond donors (Lipinski definition) is 1. The fourth-order valence-electron chi connectivity index (χ4n) is 1.77. The van der Waals surface area contributed by atoms with Crippen LogP contribution in [0.3, 0.4) is 0 Å². The fraction of sp³-hybridized carbons (Fsp3) is 0.500. The van der Waals surface area contributed by atoms with Crippen molar-refractivity contribution in [1.82, 2.24) is 4.98 Å². The van der Waals surface area contributed by atoms with Crippen molar-refractivity contribution in [3.05, 3.63) is 22.8 Å². The molecule has 17 heavy (non-hydrogen) atoms. The number of carbonyl (C=O) groups is 1. The first-order chi connectivity index (χ1) is 8.10. The Hall–Kier alpha value is -1.29. The van der Waals surface area contributed by atoms with Gasteiger partial charge >= 0.3 is 5.97 Å². The Bertz CT molecular complexity index is 433. The number of hydrogen-bond acceptors (Lipinski definition) is 3. The van der Waals surface area contributed by atoms with Crippen molar-refractivity contribution in [2.24, 2.45) is 5.92 Å². The van der Waals surface area contributed by atoms with Crippen molar-refractivity contribution < 1.29 is 9.90 Å². The van der Waals surface area contributed by atoms with Crippen LogP contribution in [0.4, 0.5) is 5.82 Å². The maximum atomic E-state index is 10.9. The summed E-state index contributed by atoms with van der Waals surface area (Å²) in [5.41, 5.74) is 0.189. The summed E-state index contributed by atoms with van der Waals surface area (Å²) in [7, 11) is 0. The second kappa shape index (κ2) is 4.92. The van der Waals surface area contributed by atoms with E-state index in [2.05, 4.69) is 9.88 Å². The molecule has 1 aromatic heterocycles. The van der Waals surface area contributed by atoms with Crippen molar-refractivity contribution in [3.8, 4) is 0 Å². The van der Waals surface area contributed by atoms with E-state index in [1.165, 1.54) is 18.9 Å². The molecule has 2 rings (SSSR count). The molecule has 4 nitrogen and oxygen atoms in total. The van der Waals surface area contributed by atoms with Gasteiger partial charge in [-0.25, -0.2) is 9.78 Å². The van der Waals surface area contributed by atoms with E-state index in [0.29, 0.717) is 5.82 Å². The SMILES string of the molecule is CCN(CC1CC1)c1cc(C(=O)O)cc(Cl)n1. The van der Waals surface area contributed by atoms with Crippen molar-refractivity contribution in [1.29, 1.82) is 0 Å². The minimum absolute atomic E-state index is 0.189. The largest absolute Gasteiger partial charge is 0.478 e. The maximum Gasteiger partial charge on any atom is 0.335 e. The number of carboxylic acids is 1. The van der Waals surface area contributed by atoms with Gasteiger partial charge in [-0.15, -0.1) is 0 Å². The van der Waals surface area contributed by atoms with Gasteiger partial charge in [0.05, 0.1) is 5.56 Å². The zero-order valence-electron chi connectivity index (χ0n) is 9.69. The molecule has 92 valence electrons. The van der Waals surface area contributed by atoms with Gasteiger partial charge in [0, 0.05) is 13.1 Å². The topological polar surface area (TPSA) is 53.4 Å². The van der Waals surface area contributed by atoms with E-state index in [4.69, 9.17) is 16.7 Å². The molecule has 0 aromatic carbocycles. The minimum atomic E-state index is -0.974. The minimum Gasteiger partial charge on any atom is -0.478 e. The van der Waals surface area contributed by atoms with Crippen LogP contribution in [0, 0.1) is 5.92 Å². The molecule has 1 aliphatic carbocycles. The summed E-state index contributed by atoms with van der Waals surface area (Å²) in [4.78, 5) is 17.2. The average Bonchev–Trinajstić information content (AvgIpc) is 3.08. The van der Waals surface area contributed by atoms with Gasteiger partial charge in [-0.3, -0.25) is 0 Å². The molecule has 1 aliphatic rings. The van der Waals surface area contributed by atoms with Crippen molar-refractivity contribution in [2.75, 3.05) is 18.0 Å². The molecule has 1 aromatic rings. The number of aromatic nitrogens is 1. The van der Waals surface area contributed by atoms with Crippen LogP contribution in [0.5, 0.6) is 0 Å². The van der Waals surface area contributed by atoms with Gasteiger partial charge in [0.15, 0.2) is 0 Å². The van der Waals surface area contributed by atoms with Crippen LogP contribution in [0.2, 0.25) is 5.15 Å². The van der Waals surface area contributed by atoms with Crippen molar-refractivity contribution in [3.63, 3.8) is 0 Å². The first-order valence-electron chi connectivity index (χ1n) is 5.76. The van der Waals surface area contributed by atoms with Crippen LogP contribution in [-0.4, -0.2) is 29.1 Å². The quantitative estimate of drug-likeness (QED) is 0.821. The molecular weight excluding hydrogens is 240 g/mol. The standard InChI is InChI=1S/C12H15ClN2O2/c1-2-15(7-8-3-4-8)11-6-9(12(16)17)5-10(13)14-11/h5-6,8H,2-4,7H2,1H3,(H,16,17). The first-order valence-corrected chi connectivity index (χ1v) is 6.13.